The molecule has 0 bridgehead atoms. The zero-order valence-electron chi connectivity index (χ0n) is 15.7. The summed E-state index contributed by atoms with van der Waals surface area (Å²) in [6.07, 6.45) is 3.47. The number of amides is 1. The van der Waals surface area contributed by atoms with Crippen LogP contribution in [0, 0.1) is 0 Å². The van der Waals surface area contributed by atoms with E-state index in [2.05, 4.69) is 32.4 Å². The third-order valence-electron chi connectivity index (χ3n) is 3.86. The Morgan fingerprint density at radius 1 is 1.14 bits per heavy atom. The Labute approximate surface area is 172 Å². The lowest BCUT2D eigenvalue weighted by atomic mass is 10.2. The van der Waals surface area contributed by atoms with Gasteiger partial charge in [0.25, 0.3) is 5.91 Å². The van der Waals surface area contributed by atoms with Crippen LogP contribution in [0.25, 0.3) is 0 Å². The summed E-state index contributed by atoms with van der Waals surface area (Å²) in [5.74, 6) is -0.324. The van der Waals surface area contributed by atoms with Crippen LogP contribution in [-0.2, 0) is 20.7 Å². The molecule has 0 saturated carbocycles. The fraction of sp³-hybridized carbons (Fsp3) is 0.143. The number of nitrogens with zero attached hydrogens (tertiary/aromatic N) is 2. The number of hydrogen-bond acceptors (Lipinski definition) is 7. The molecular weight excluding hydrogens is 390 g/mol. The second kappa shape index (κ2) is 10.2. The number of benzene rings is 2. The predicted molar refractivity (Wildman–Crippen MR) is 113 cm³/mol. The molecule has 1 amide bonds. The Kier molecular flexibility index (Phi) is 7.18. The first-order valence-corrected chi connectivity index (χ1v) is 9.63. The summed E-state index contributed by atoms with van der Waals surface area (Å²) in [6.45, 7) is 0.539. The summed E-state index contributed by atoms with van der Waals surface area (Å²) in [5, 5.41) is 10.8. The number of ether oxygens (including phenoxy) is 2. The van der Waals surface area contributed by atoms with E-state index in [0.29, 0.717) is 12.4 Å². The van der Waals surface area contributed by atoms with E-state index in [0.717, 1.165) is 29.8 Å². The van der Waals surface area contributed by atoms with Crippen molar-refractivity contribution in [1.82, 2.24) is 5.32 Å². The van der Waals surface area contributed by atoms with Gasteiger partial charge in [-0.2, -0.15) is 5.10 Å². The van der Waals surface area contributed by atoms with E-state index in [1.54, 1.807) is 6.21 Å². The molecule has 1 saturated heterocycles. The largest absolute Gasteiger partial charge is 0.493 e. The minimum absolute atomic E-state index is 0.204. The van der Waals surface area contributed by atoms with E-state index in [1.807, 2.05) is 42.5 Å². The normalized spacial score (nSPS) is 16.4. The molecule has 2 aromatic rings. The van der Waals surface area contributed by atoms with Gasteiger partial charge in [-0.15, -0.1) is 5.10 Å². The highest BCUT2D eigenvalue weighted by Crippen LogP contribution is 2.23. The molecule has 0 atom stereocenters. The lowest BCUT2D eigenvalue weighted by Gasteiger charge is -2.08. The quantitative estimate of drug-likeness (QED) is 0.329. The first-order chi connectivity index (χ1) is 14.2. The standard InChI is InChI=1S/C21H19N3O4S/c1-27-19(25)13-18-20(26)23-21(29-18)24-22-14-16-9-5-6-10-17(16)28-12-11-15-7-3-2-4-8-15/h2-10,13-14H,11-12H2,1H3,(H,23,24,26)/b18-13+,22-14?. The van der Waals surface area contributed by atoms with E-state index in [9.17, 15) is 9.59 Å². The summed E-state index contributed by atoms with van der Waals surface area (Å²) >= 11 is 1.02. The average molecular weight is 409 g/mol. The number of carbonyl (C=O) groups is 2. The van der Waals surface area contributed by atoms with Crippen molar-refractivity contribution in [2.45, 2.75) is 6.42 Å². The molecule has 8 heteroatoms. The molecule has 1 heterocycles. The van der Waals surface area contributed by atoms with Gasteiger partial charge in [-0.25, -0.2) is 4.79 Å². The summed E-state index contributed by atoms with van der Waals surface area (Å²) in [5.41, 5.74) is 1.97. The molecular formula is C21H19N3O4S. The highest BCUT2D eigenvalue weighted by atomic mass is 32.2. The number of carbonyl (C=O) groups excluding carboxylic acids is 2. The van der Waals surface area contributed by atoms with Gasteiger partial charge in [0, 0.05) is 18.1 Å². The smallest absolute Gasteiger partial charge is 0.331 e. The minimum Gasteiger partial charge on any atom is -0.493 e. The molecule has 1 aliphatic heterocycles. The molecule has 1 aliphatic rings. The van der Waals surface area contributed by atoms with Gasteiger partial charge in [0.15, 0.2) is 5.17 Å². The van der Waals surface area contributed by atoms with E-state index in [4.69, 9.17) is 4.74 Å². The summed E-state index contributed by atoms with van der Waals surface area (Å²) in [4.78, 5) is 23.3. The van der Waals surface area contributed by atoms with Crippen LogP contribution in [0.2, 0.25) is 0 Å². The average Bonchev–Trinajstić information content (AvgIpc) is 3.08. The lowest BCUT2D eigenvalue weighted by Crippen LogP contribution is -2.19. The van der Waals surface area contributed by atoms with E-state index in [-0.39, 0.29) is 10.1 Å². The summed E-state index contributed by atoms with van der Waals surface area (Å²) in [7, 11) is 1.25. The van der Waals surface area contributed by atoms with Crippen LogP contribution in [0.3, 0.4) is 0 Å². The number of rotatable bonds is 7. The Bertz CT molecular complexity index is 971. The molecule has 29 heavy (non-hydrogen) atoms. The Morgan fingerprint density at radius 2 is 1.90 bits per heavy atom. The Hall–Kier alpha value is -3.39. The highest BCUT2D eigenvalue weighted by Gasteiger charge is 2.25. The van der Waals surface area contributed by atoms with Crippen molar-refractivity contribution in [2.24, 2.45) is 10.2 Å². The van der Waals surface area contributed by atoms with Gasteiger partial charge in [-0.05, 0) is 29.5 Å². The zero-order valence-corrected chi connectivity index (χ0v) is 16.5. The highest BCUT2D eigenvalue weighted by molar-refractivity contribution is 8.18. The number of amidine groups is 1. The topological polar surface area (TPSA) is 89.3 Å². The van der Waals surface area contributed by atoms with Gasteiger partial charge in [0.2, 0.25) is 0 Å². The molecule has 1 N–H and O–H groups in total. The van der Waals surface area contributed by atoms with E-state index >= 15 is 0 Å². The van der Waals surface area contributed by atoms with Crippen LogP contribution in [0.4, 0.5) is 0 Å². The summed E-state index contributed by atoms with van der Waals surface area (Å²) in [6, 6.07) is 17.6. The molecule has 0 spiro atoms. The molecule has 3 rings (SSSR count). The van der Waals surface area contributed by atoms with Crippen molar-refractivity contribution in [3.8, 4) is 5.75 Å². The number of methoxy groups -OCH3 is 1. The van der Waals surface area contributed by atoms with E-state index in [1.165, 1.54) is 12.7 Å². The summed E-state index contributed by atoms with van der Waals surface area (Å²) < 4.78 is 10.4. The van der Waals surface area contributed by atoms with Gasteiger partial charge < -0.3 is 9.47 Å². The van der Waals surface area contributed by atoms with Crippen LogP contribution >= 0.6 is 11.8 Å². The van der Waals surface area contributed by atoms with Gasteiger partial charge in [0.1, 0.15) is 5.75 Å². The fourth-order valence-electron chi connectivity index (χ4n) is 2.43. The predicted octanol–water partition coefficient (Wildman–Crippen LogP) is 2.92. The molecule has 0 aromatic heterocycles. The lowest BCUT2D eigenvalue weighted by molar-refractivity contribution is -0.135. The maximum atomic E-state index is 11.8. The third-order valence-corrected chi connectivity index (χ3v) is 4.76. The minimum atomic E-state index is -0.603. The van der Waals surface area contributed by atoms with E-state index < -0.39 is 11.9 Å². The van der Waals surface area contributed by atoms with Crippen LogP contribution in [0.5, 0.6) is 5.75 Å². The molecule has 0 unspecified atom stereocenters. The number of para-hydroxylation sites is 1. The maximum Gasteiger partial charge on any atom is 0.331 e. The fourth-order valence-corrected chi connectivity index (χ4v) is 3.17. The van der Waals surface area contributed by atoms with Crippen molar-refractivity contribution in [3.05, 3.63) is 76.7 Å². The van der Waals surface area contributed by atoms with Crippen LogP contribution in [0.1, 0.15) is 11.1 Å². The van der Waals surface area contributed by atoms with Gasteiger partial charge >= 0.3 is 5.97 Å². The third kappa shape index (κ3) is 6.05. The van der Waals surface area contributed by atoms with Crippen molar-refractivity contribution < 1.29 is 19.1 Å². The van der Waals surface area contributed by atoms with Crippen molar-refractivity contribution in [2.75, 3.05) is 13.7 Å². The molecule has 2 aromatic carbocycles. The molecule has 0 aliphatic carbocycles. The first kappa shape index (κ1) is 20.3. The maximum absolute atomic E-state index is 11.8. The van der Waals surface area contributed by atoms with Crippen LogP contribution < -0.4 is 10.1 Å². The second-order valence-electron chi connectivity index (χ2n) is 5.86. The van der Waals surface area contributed by atoms with Gasteiger partial charge in [-0.1, -0.05) is 42.5 Å². The Morgan fingerprint density at radius 3 is 2.69 bits per heavy atom. The van der Waals surface area contributed by atoms with Crippen molar-refractivity contribution in [3.63, 3.8) is 0 Å². The molecule has 7 nitrogen and oxygen atoms in total. The second-order valence-corrected chi connectivity index (χ2v) is 6.89. The number of thioether (sulfide) groups is 1. The number of hydrogen-bond donors (Lipinski definition) is 1. The van der Waals surface area contributed by atoms with Crippen molar-refractivity contribution in [1.29, 1.82) is 0 Å². The van der Waals surface area contributed by atoms with Gasteiger partial charge in [0.05, 0.1) is 24.8 Å². The van der Waals surface area contributed by atoms with Gasteiger partial charge in [-0.3, -0.25) is 10.1 Å². The van der Waals surface area contributed by atoms with Crippen LogP contribution in [-0.4, -0.2) is 37.0 Å². The first-order valence-electron chi connectivity index (χ1n) is 8.81. The van der Waals surface area contributed by atoms with Crippen molar-refractivity contribution >= 4 is 35.0 Å². The molecule has 1 fully saturated rings. The monoisotopic (exact) mass is 409 g/mol. The zero-order chi connectivity index (χ0) is 20.5. The molecule has 148 valence electrons. The Balaban J connectivity index is 1.61. The SMILES string of the molecule is COC(=O)/C=C1/S/C(=N\N=Cc2ccccc2OCCc2ccccc2)NC1=O. The molecule has 0 radical (unpaired) electrons. The number of esters is 1. The van der Waals surface area contributed by atoms with Crippen LogP contribution in [0.15, 0.2) is 75.8 Å². The number of nitrogens with one attached hydrogen (secondary N) is 1.